The average Bonchev–Trinajstić information content (AvgIpc) is 2.63. The van der Waals surface area contributed by atoms with Gasteiger partial charge in [0.15, 0.2) is 0 Å². The van der Waals surface area contributed by atoms with E-state index < -0.39 is 0 Å². The maximum atomic E-state index is 5.58. The summed E-state index contributed by atoms with van der Waals surface area (Å²) in [5, 5.41) is 4.12. The first kappa shape index (κ1) is 9.71. The number of aromatic nitrogens is 3. The van der Waals surface area contributed by atoms with Gasteiger partial charge in [0.05, 0.1) is 11.9 Å². The first-order chi connectivity index (χ1) is 7.25. The third kappa shape index (κ3) is 2.34. The van der Waals surface area contributed by atoms with Crippen LogP contribution < -0.4 is 5.73 Å². The summed E-state index contributed by atoms with van der Waals surface area (Å²) >= 11 is 0. The summed E-state index contributed by atoms with van der Waals surface area (Å²) in [7, 11) is 0. The fraction of sp³-hybridized carbons (Fsp3) is 0.273. The zero-order valence-corrected chi connectivity index (χ0v) is 8.72. The molecular formula is C11H14N4. The zero-order valence-electron chi connectivity index (χ0n) is 8.72. The van der Waals surface area contributed by atoms with Crippen LogP contribution in [0.3, 0.4) is 0 Å². The second-order valence-corrected chi connectivity index (χ2v) is 3.55. The van der Waals surface area contributed by atoms with E-state index in [4.69, 9.17) is 5.73 Å². The summed E-state index contributed by atoms with van der Waals surface area (Å²) in [5.41, 5.74) is 8.62. The maximum absolute atomic E-state index is 5.58. The van der Waals surface area contributed by atoms with Crippen molar-refractivity contribution >= 4 is 5.69 Å². The summed E-state index contributed by atoms with van der Waals surface area (Å²) in [6.07, 6.45) is 6.19. The molecule has 0 aliphatic rings. The van der Waals surface area contributed by atoms with Gasteiger partial charge in [-0.1, -0.05) is 6.07 Å². The minimum Gasteiger partial charge on any atom is -0.396 e. The lowest BCUT2D eigenvalue weighted by Gasteiger charge is -2.03. The number of nitrogens with two attached hydrogens (primary N) is 1. The highest BCUT2D eigenvalue weighted by molar-refractivity contribution is 5.30. The van der Waals surface area contributed by atoms with Gasteiger partial charge < -0.3 is 5.73 Å². The van der Waals surface area contributed by atoms with Crippen LogP contribution in [0.4, 0.5) is 5.69 Å². The molecule has 0 saturated carbocycles. The number of pyridine rings is 1. The van der Waals surface area contributed by atoms with Gasteiger partial charge >= 0.3 is 0 Å². The topological polar surface area (TPSA) is 56.7 Å². The highest BCUT2D eigenvalue weighted by Crippen LogP contribution is 2.06. The smallest absolute Gasteiger partial charge is 0.0719 e. The summed E-state index contributed by atoms with van der Waals surface area (Å²) < 4.78 is 1.84. The Morgan fingerprint density at radius 2 is 2.33 bits per heavy atom. The van der Waals surface area contributed by atoms with Crippen molar-refractivity contribution in [3.63, 3.8) is 0 Å². The molecule has 4 heteroatoms. The molecule has 2 rings (SSSR count). The van der Waals surface area contributed by atoms with Crippen molar-refractivity contribution in [1.82, 2.24) is 14.8 Å². The molecule has 2 aromatic rings. The lowest BCUT2D eigenvalue weighted by Crippen LogP contribution is -2.04. The van der Waals surface area contributed by atoms with Crippen molar-refractivity contribution in [2.45, 2.75) is 19.9 Å². The molecule has 0 unspecified atom stereocenters. The Morgan fingerprint density at radius 3 is 3.00 bits per heavy atom. The molecule has 15 heavy (non-hydrogen) atoms. The van der Waals surface area contributed by atoms with Crippen LogP contribution in [0, 0.1) is 6.92 Å². The van der Waals surface area contributed by atoms with Crippen molar-refractivity contribution in [3.05, 3.63) is 42.0 Å². The third-order valence-electron chi connectivity index (χ3n) is 2.35. The Labute approximate surface area is 88.8 Å². The molecule has 0 atom stereocenters. The largest absolute Gasteiger partial charge is 0.396 e. The summed E-state index contributed by atoms with van der Waals surface area (Å²) in [4.78, 5) is 4.33. The normalized spacial score (nSPS) is 10.5. The van der Waals surface area contributed by atoms with Crippen molar-refractivity contribution in [1.29, 1.82) is 0 Å². The van der Waals surface area contributed by atoms with E-state index >= 15 is 0 Å². The highest BCUT2D eigenvalue weighted by Gasteiger charge is 2.00. The second kappa shape index (κ2) is 4.13. The van der Waals surface area contributed by atoms with E-state index in [2.05, 4.69) is 23.1 Å². The predicted octanol–water partition coefficient (Wildman–Crippen LogP) is 1.41. The SMILES string of the molecule is Cc1cccnc1CCn1cc(N)cn1. The molecule has 78 valence electrons. The quantitative estimate of drug-likeness (QED) is 0.818. The fourth-order valence-corrected chi connectivity index (χ4v) is 1.50. The van der Waals surface area contributed by atoms with E-state index in [1.54, 1.807) is 6.20 Å². The molecule has 2 N–H and O–H groups in total. The van der Waals surface area contributed by atoms with Crippen LogP contribution in [0.25, 0.3) is 0 Å². The van der Waals surface area contributed by atoms with Gasteiger partial charge in [0.25, 0.3) is 0 Å². The van der Waals surface area contributed by atoms with E-state index in [0.717, 1.165) is 18.7 Å². The molecule has 0 spiro atoms. The Balaban J connectivity index is 2.02. The lowest BCUT2D eigenvalue weighted by molar-refractivity contribution is 0.607. The molecule has 0 aliphatic carbocycles. The van der Waals surface area contributed by atoms with E-state index in [1.165, 1.54) is 5.56 Å². The Hall–Kier alpha value is -1.84. The molecule has 0 saturated heterocycles. The minimum atomic E-state index is 0.702. The monoisotopic (exact) mass is 202 g/mol. The van der Waals surface area contributed by atoms with Crippen LogP contribution in [-0.4, -0.2) is 14.8 Å². The van der Waals surface area contributed by atoms with Gasteiger partial charge in [-0.3, -0.25) is 9.67 Å². The standard InChI is InChI=1S/C11H14N4/c1-9-3-2-5-13-11(9)4-6-15-8-10(12)7-14-15/h2-3,5,7-8H,4,6,12H2,1H3. The van der Waals surface area contributed by atoms with Crippen molar-refractivity contribution < 1.29 is 0 Å². The van der Waals surface area contributed by atoms with Crippen LogP contribution in [0.5, 0.6) is 0 Å². The van der Waals surface area contributed by atoms with Crippen LogP contribution in [0.1, 0.15) is 11.3 Å². The van der Waals surface area contributed by atoms with E-state index in [9.17, 15) is 0 Å². The first-order valence-electron chi connectivity index (χ1n) is 4.94. The van der Waals surface area contributed by atoms with E-state index in [1.807, 2.05) is 23.1 Å². The summed E-state index contributed by atoms with van der Waals surface area (Å²) in [6, 6.07) is 4.02. The van der Waals surface area contributed by atoms with E-state index in [0.29, 0.717) is 5.69 Å². The number of nitrogens with zero attached hydrogens (tertiary/aromatic N) is 3. The second-order valence-electron chi connectivity index (χ2n) is 3.55. The minimum absolute atomic E-state index is 0.702. The van der Waals surface area contributed by atoms with Crippen LogP contribution in [-0.2, 0) is 13.0 Å². The van der Waals surface area contributed by atoms with Gasteiger partial charge in [-0.2, -0.15) is 5.10 Å². The first-order valence-corrected chi connectivity index (χ1v) is 4.94. The number of rotatable bonds is 3. The van der Waals surface area contributed by atoms with Gasteiger partial charge in [-0.05, 0) is 18.6 Å². The number of hydrogen-bond donors (Lipinski definition) is 1. The number of anilines is 1. The summed E-state index contributed by atoms with van der Waals surface area (Å²) in [5.74, 6) is 0. The molecule has 0 aliphatic heterocycles. The third-order valence-corrected chi connectivity index (χ3v) is 2.35. The van der Waals surface area contributed by atoms with Gasteiger partial charge in [-0.25, -0.2) is 0 Å². The maximum Gasteiger partial charge on any atom is 0.0719 e. The van der Waals surface area contributed by atoms with Crippen molar-refractivity contribution in [3.8, 4) is 0 Å². The van der Waals surface area contributed by atoms with Gasteiger partial charge in [0.1, 0.15) is 0 Å². The van der Waals surface area contributed by atoms with Gasteiger partial charge in [0, 0.05) is 31.1 Å². The molecule has 4 nitrogen and oxygen atoms in total. The fourth-order valence-electron chi connectivity index (χ4n) is 1.50. The number of aryl methyl sites for hydroxylation is 3. The lowest BCUT2D eigenvalue weighted by atomic mass is 10.2. The number of nitrogen functional groups attached to an aromatic ring is 1. The predicted molar refractivity (Wildman–Crippen MR) is 59.3 cm³/mol. The molecule has 0 fully saturated rings. The highest BCUT2D eigenvalue weighted by atomic mass is 15.3. The molecule has 2 heterocycles. The van der Waals surface area contributed by atoms with Gasteiger partial charge in [-0.15, -0.1) is 0 Å². The Morgan fingerprint density at radius 1 is 1.47 bits per heavy atom. The number of hydrogen-bond acceptors (Lipinski definition) is 3. The van der Waals surface area contributed by atoms with Crippen LogP contribution >= 0.6 is 0 Å². The average molecular weight is 202 g/mol. The van der Waals surface area contributed by atoms with E-state index in [-0.39, 0.29) is 0 Å². The van der Waals surface area contributed by atoms with Crippen molar-refractivity contribution in [2.24, 2.45) is 0 Å². The Kier molecular flexibility index (Phi) is 2.67. The summed E-state index contributed by atoms with van der Waals surface area (Å²) in [6.45, 7) is 2.88. The molecule has 0 amide bonds. The molecule has 0 radical (unpaired) electrons. The molecular weight excluding hydrogens is 188 g/mol. The van der Waals surface area contributed by atoms with Crippen molar-refractivity contribution in [2.75, 3.05) is 5.73 Å². The zero-order chi connectivity index (χ0) is 10.7. The van der Waals surface area contributed by atoms with Gasteiger partial charge in [0.2, 0.25) is 0 Å². The molecule has 2 aromatic heterocycles. The molecule has 0 aromatic carbocycles. The molecule has 0 bridgehead atoms. The van der Waals surface area contributed by atoms with Crippen LogP contribution in [0.2, 0.25) is 0 Å². The van der Waals surface area contributed by atoms with Crippen LogP contribution in [0.15, 0.2) is 30.7 Å². The Bertz CT molecular complexity index is 447.